The molecule has 1 aromatic rings. The van der Waals surface area contributed by atoms with Crippen LogP contribution in [0.4, 0.5) is 0 Å². The largest absolute Gasteiger partial charge is 0.469 e. The summed E-state index contributed by atoms with van der Waals surface area (Å²) in [6, 6.07) is 9.79. The first-order valence-electron chi connectivity index (χ1n) is 4.59. The van der Waals surface area contributed by atoms with Gasteiger partial charge in [0.05, 0.1) is 13.0 Å². The highest BCUT2D eigenvalue weighted by Crippen LogP contribution is 2.08. The Morgan fingerprint density at radius 1 is 1.40 bits per heavy atom. The number of carbonyl (C=O) groups is 1. The summed E-state index contributed by atoms with van der Waals surface area (Å²) in [5, 5.41) is 0. The van der Waals surface area contributed by atoms with E-state index in [2.05, 4.69) is 4.74 Å². The zero-order chi connectivity index (χ0) is 10.4. The predicted molar refractivity (Wildman–Crippen MR) is 62.0 cm³/mol. The van der Waals surface area contributed by atoms with Gasteiger partial charge in [-0.1, -0.05) is 30.3 Å². The average molecular weight is 230 g/mol. The molecule has 1 rings (SSSR count). The maximum absolute atomic E-state index is 11.2. The Morgan fingerprint density at radius 2 is 2.00 bits per heavy atom. The summed E-state index contributed by atoms with van der Waals surface area (Å²) in [7, 11) is 1.38. The summed E-state index contributed by atoms with van der Waals surface area (Å²) in [5.41, 5.74) is 6.60. The molecular weight excluding hydrogens is 214 g/mol. The van der Waals surface area contributed by atoms with Gasteiger partial charge in [-0.3, -0.25) is 4.79 Å². The van der Waals surface area contributed by atoms with Crippen molar-refractivity contribution in [3.05, 3.63) is 35.9 Å². The van der Waals surface area contributed by atoms with Gasteiger partial charge in [-0.2, -0.15) is 0 Å². The monoisotopic (exact) mass is 229 g/mol. The van der Waals surface area contributed by atoms with Crippen molar-refractivity contribution < 1.29 is 9.53 Å². The van der Waals surface area contributed by atoms with Gasteiger partial charge in [0, 0.05) is 6.54 Å². The third-order valence-electron chi connectivity index (χ3n) is 2.14. The van der Waals surface area contributed by atoms with Crippen molar-refractivity contribution in [2.45, 2.75) is 6.42 Å². The molecule has 0 aliphatic heterocycles. The van der Waals surface area contributed by atoms with Gasteiger partial charge >= 0.3 is 5.97 Å². The molecule has 4 heteroatoms. The quantitative estimate of drug-likeness (QED) is 0.795. The van der Waals surface area contributed by atoms with Crippen molar-refractivity contribution in [1.29, 1.82) is 0 Å². The van der Waals surface area contributed by atoms with Crippen molar-refractivity contribution in [2.75, 3.05) is 13.7 Å². The predicted octanol–water partition coefficient (Wildman–Crippen LogP) is 1.40. The maximum atomic E-state index is 11.2. The van der Waals surface area contributed by atoms with Crippen molar-refractivity contribution in [3.63, 3.8) is 0 Å². The molecule has 15 heavy (non-hydrogen) atoms. The molecule has 0 aliphatic rings. The Hall–Kier alpha value is -1.06. The SMILES string of the molecule is COC(=O)[C@H](CN)Cc1ccccc1.Cl. The van der Waals surface area contributed by atoms with Crippen LogP contribution in [0, 0.1) is 5.92 Å². The van der Waals surface area contributed by atoms with E-state index in [1.54, 1.807) is 0 Å². The van der Waals surface area contributed by atoms with Crippen LogP contribution in [0.3, 0.4) is 0 Å². The van der Waals surface area contributed by atoms with E-state index in [1.165, 1.54) is 7.11 Å². The van der Waals surface area contributed by atoms with Crippen LogP contribution in [0.15, 0.2) is 30.3 Å². The number of hydrogen-bond donors (Lipinski definition) is 1. The molecule has 0 fully saturated rings. The highest BCUT2D eigenvalue weighted by molar-refractivity contribution is 5.85. The van der Waals surface area contributed by atoms with Crippen LogP contribution in [0.5, 0.6) is 0 Å². The number of rotatable bonds is 4. The lowest BCUT2D eigenvalue weighted by atomic mass is 10.00. The number of carbonyl (C=O) groups excluding carboxylic acids is 1. The molecule has 0 saturated heterocycles. The van der Waals surface area contributed by atoms with Gasteiger partial charge in [-0.05, 0) is 12.0 Å². The fraction of sp³-hybridized carbons (Fsp3) is 0.364. The summed E-state index contributed by atoms with van der Waals surface area (Å²) < 4.78 is 4.66. The maximum Gasteiger partial charge on any atom is 0.310 e. The van der Waals surface area contributed by atoms with Crippen LogP contribution in [0.2, 0.25) is 0 Å². The molecule has 1 atom stereocenters. The molecule has 3 nitrogen and oxygen atoms in total. The highest BCUT2D eigenvalue weighted by atomic mass is 35.5. The van der Waals surface area contributed by atoms with Gasteiger partial charge in [0.1, 0.15) is 0 Å². The van der Waals surface area contributed by atoms with Crippen LogP contribution in [0.1, 0.15) is 5.56 Å². The lowest BCUT2D eigenvalue weighted by Gasteiger charge is -2.11. The van der Waals surface area contributed by atoms with E-state index in [0.29, 0.717) is 13.0 Å². The summed E-state index contributed by atoms with van der Waals surface area (Å²) >= 11 is 0. The molecule has 0 radical (unpaired) electrons. The van der Waals surface area contributed by atoms with E-state index in [9.17, 15) is 4.79 Å². The zero-order valence-electron chi connectivity index (χ0n) is 8.68. The minimum atomic E-state index is -0.239. The Labute approximate surface area is 96.0 Å². The van der Waals surface area contributed by atoms with Crippen LogP contribution in [-0.2, 0) is 16.0 Å². The van der Waals surface area contributed by atoms with Crippen molar-refractivity contribution in [2.24, 2.45) is 11.7 Å². The molecule has 0 bridgehead atoms. The summed E-state index contributed by atoms with van der Waals surface area (Å²) in [5.74, 6) is -0.473. The zero-order valence-corrected chi connectivity index (χ0v) is 9.50. The van der Waals surface area contributed by atoms with Gasteiger partial charge in [-0.15, -0.1) is 12.4 Å². The highest BCUT2D eigenvalue weighted by Gasteiger charge is 2.17. The first-order chi connectivity index (χ1) is 6.77. The lowest BCUT2D eigenvalue weighted by Crippen LogP contribution is -2.26. The normalized spacial score (nSPS) is 11.3. The van der Waals surface area contributed by atoms with Gasteiger partial charge < -0.3 is 10.5 Å². The fourth-order valence-corrected chi connectivity index (χ4v) is 1.33. The van der Waals surface area contributed by atoms with Gasteiger partial charge in [0.15, 0.2) is 0 Å². The molecule has 84 valence electrons. The molecule has 0 unspecified atom stereocenters. The van der Waals surface area contributed by atoms with E-state index in [-0.39, 0.29) is 24.3 Å². The van der Waals surface area contributed by atoms with Crippen LogP contribution >= 0.6 is 12.4 Å². The Morgan fingerprint density at radius 3 is 2.47 bits per heavy atom. The summed E-state index contributed by atoms with van der Waals surface area (Å²) in [4.78, 5) is 11.2. The third-order valence-corrected chi connectivity index (χ3v) is 2.14. The average Bonchev–Trinajstić information content (AvgIpc) is 2.26. The molecule has 0 heterocycles. The van der Waals surface area contributed by atoms with E-state index in [1.807, 2.05) is 30.3 Å². The Kier molecular flexibility index (Phi) is 6.75. The lowest BCUT2D eigenvalue weighted by molar-refractivity contribution is -0.145. The van der Waals surface area contributed by atoms with Crippen molar-refractivity contribution >= 4 is 18.4 Å². The minimum absolute atomic E-state index is 0. The molecular formula is C11H16ClNO2. The van der Waals surface area contributed by atoms with Crippen molar-refractivity contribution in [1.82, 2.24) is 0 Å². The smallest absolute Gasteiger partial charge is 0.310 e. The summed E-state index contributed by atoms with van der Waals surface area (Å²) in [6.07, 6.45) is 0.643. The van der Waals surface area contributed by atoms with Crippen LogP contribution in [0.25, 0.3) is 0 Å². The van der Waals surface area contributed by atoms with Gasteiger partial charge in [0.25, 0.3) is 0 Å². The number of esters is 1. The van der Waals surface area contributed by atoms with E-state index in [0.717, 1.165) is 5.56 Å². The second-order valence-electron chi connectivity index (χ2n) is 3.15. The third kappa shape index (κ3) is 4.32. The Balaban J connectivity index is 0.00000196. The first-order valence-corrected chi connectivity index (χ1v) is 4.59. The number of methoxy groups -OCH3 is 1. The Bertz CT molecular complexity index is 290. The molecule has 0 saturated carbocycles. The van der Waals surface area contributed by atoms with Crippen LogP contribution < -0.4 is 5.73 Å². The molecule has 2 N–H and O–H groups in total. The number of nitrogens with two attached hydrogens (primary N) is 1. The molecule has 0 aliphatic carbocycles. The minimum Gasteiger partial charge on any atom is -0.469 e. The number of ether oxygens (including phenoxy) is 1. The van der Waals surface area contributed by atoms with Gasteiger partial charge in [0.2, 0.25) is 0 Å². The second kappa shape index (κ2) is 7.26. The van der Waals surface area contributed by atoms with E-state index in [4.69, 9.17) is 5.73 Å². The van der Waals surface area contributed by atoms with Crippen molar-refractivity contribution in [3.8, 4) is 0 Å². The first kappa shape index (κ1) is 13.9. The molecule has 0 spiro atoms. The van der Waals surface area contributed by atoms with Gasteiger partial charge in [-0.25, -0.2) is 0 Å². The topological polar surface area (TPSA) is 52.3 Å². The van der Waals surface area contributed by atoms with E-state index < -0.39 is 0 Å². The molecule has 1 aromatic carbocycles. The second-order valence-corrected chi connectivity index (χ2v) is 3.15. The van der Waals surface area contributed by atoms with E-state index >= 15 is 0 Å². The standard InChI is InChI=1S/C11H15NO2.ClH/c1-14-11(13)10(8-12)7-9-5-3-2-4-6-9;/h2-6,10H,7-8,12H2,1H3;1H/t10-;/m0./s1. The fourth-order valence-electron chi connectivity index (χ4n) is 1.33. The summed E-state index contributed by atoms with van der Waals surface area (Å²) in [6.45, 7) is 0.321. The number of hydrogen-bond acceptors (Lipinski definition) is 3. The molecule has 0 aromatic heterocycles. The number of benzene rings is 1. The van der Waals surface area contributed by atoms with Crippen LogP contribution in [-0.4, -0.2) is 19.6 Å². The number of halogens is 1. The molecule has 0 amide bonds.